The number of anilines is 1. The third-order valence-electron chi connectivity index (χ3n) is 4.02. The molecule has 0 bridgehead atoms. The van der Waals surface area contributed by atoms with Crippen LogP contribution in [0.25, 0.3) is 0 Å². The smallest absolute Gasteiger partial charge is 0.0696 e. The van der Waals surface area contributed by atoms with Gasteiger partial charge in [0.2, 0.25) is 0 Å². The van der Waals surface area contributed by atoms with E-state index in [0.29, 0.717) is 10.9 Å². The summed E-state index contributed by atoms with van der Waals surface area (Å²) in [4.78, 5) is 0.618. The Balaban J connectivity index is 2.09. The molecule has 4 heteroatoms. The average Bonchev–Trinajstić information content (AvgIpc) is 2.33. The van der Waals surface area contributed by atoms with Gasteiger partial charge in [-0.25, -0.2) is 8.99 Å². The molecule has 19 heavy (non-hydrogen) atoms. The molecule has 0 aliphatic heterocycles. The van der Waals surface area contributed by atoms with Gasteiger partial charge in [0, 0.05) is 22.9 Å². The van der Waals surface area contributed by atoms with Crippen molar-refractivity contribution in [1.29, 1.82) is 4.78 Å². The number of aryl methyl sites for hydroxylation is 1. The summed E-state index contributed by atoms with van der Waals surface area (Å²) in [6.07, 6.45) is 6.52. The lowest BCUT2D eigenvalue weighted by atomic mass is 9.87. The lowest BCUT2D eigenvalue weighted by Crippen LogP contribution is -2.25. The quantitative estimate of drug-likeness (QED) is 0.878. The van der Waals surface area contributed by atoms with Crippen molar-refractivity contribution in [3.8, 4) is 0 Å². The van der Waals surface area contributed by atoms with Crippen LogP contribution in [0.1, 0.15) is 38.2 Å². The van der Waals surface area contributed by atoms with Gasteiger partial charge in [-0.15, -0.1) is 0 Å². The summed E-state index contributed by atoms with van der Waals surface area (Å²) in [5.41, 5.74) is 2.20. The molecule has 106 valence electrons. The van der Waals surface area contributed by atoms with Crippen LogP contribution < -0.4 is 5.32 Å². The molecular weight excluding hydrogens is 256 g/mol. The molecule has 1 fully saturated rings. The summed E-state index contributed by atoms with van der Waals surface area (Å²) < 4.78 is 19.3. The Morgan fingerprint density at radius 3 is 2.42 bits per heavy atom. The second-order valence-electron chi connectivity index (χ2n) is 5.92. The molecule has 1 aliphatic carbocycles. The molecular formula is C15H24N2OS. The van der Waals surface area contributed by atoms with Gasteiger partial charge < -0.3 is 5.32 Å². The van der Waals surface area contributed by atoms with Crippen LogP contribution in [-0.2, 0) is 9.73 Å². The van der Waals surface area contributed by atoms with Crippen molar-refractivity contribution >= 4 is 15.4 Å². The molecule has 2 N–H and O–H groups in total. The first kappa shape index (κ1) is 14.4. The second kappa shape index (κ2) is 5.53. The van der Waals surface area contributed by atoms with E-state index in [4.69, 9.17) is 4.78 Å². The summed E-state index contributed by atoms with van der Waals surface area (Å²) in [6.45, 7) is 4.34. The second-order valence-corrected chi connectivity index (χ2v) is 8.08. The van der Waals surface area contributed by atoms with Gasteiger partial charge in [0.05, 0.1) is 9.73 Å². The maximum Gasteiger partial charge on any atom is 0.0696 e. The fourth-order valence-electron chi connectivity index (χ4n) is 2.66. The predicted molar refractivity (Wildman–Crippen MR) is 81.3 cm³/mol. The van der Waals surface area contributed by atoms with Crippen LogP contribution in [0.3, 0.4) is 0 Å². The molecule has 3 nitrogen and oxygen atoms in total. The molecule has 1 saturated carbocycles. The van der Waals surface area contributed by atoms with Crippen molar-refractivity contribution in [3.63, 3.8) is 0 Å². The van der Waals surface area contributed by atoms with E-state index in [2.05, 4.69) is 12.2 Å². The predicted octanol–water partition coefficient (Wildman–Crippen LogP) is 4.02. The Kier molecular flexibility index (Phi) is 4.19. The first-order chi connectivity index (χ1) is 8.86. The molecule has 0 heterocycles. The highest BCUT2D eigenvalue weighted by molar-refractivity contribution is 7.91. The zero-order valence-corrected chi connectivity index (χ0v) is 12.8. The average molecular weight is 280 g/mol. The van der Waals surface area contributed by atoms with Gasteiger partial charge in [-0.3, -0.25) is 0 Å². The van der Waals surface area contributed by atoms with Gasteiger partial charge in [0.15, 0.2) is 0 Å². The van der Waals surface area contributed by atoms with Crippen LogP contribution >= 0.6 is 0 Å². The van der Waals surface area contributed by atoms with Crippen molar-refractivity contribution in [2.75, 3.05) is 11.6 Å². The van der Waals surface area contributed by atoms with Gasteiger partial charge in [0.1, 0.15) is 0 Å². The molecule has 0 radical (unpaired) electrons. The Hall–Kier alpha value is -1.03. The van der Waals surface area contributed by atoms with Gasteiger partial charge in [0.25, 0.3) is 0 Å². The number of hydrogen-bond donors (Lipinski definition) is 2. The Morgan fingerprint density at radius 2 is 1.89 bits per heavy atom. The summed E-state index contributed by atoms with van der Waals surface area (Å²) >= 11 is 0. The molecule has 0 aromatic heterocycles. The van der Waals surface area contributed by atoms with Gasteiger partial charge in [-0.2, -0.15) is 0 Å². The van der Waals surface area contributed by atoms with Crippen molar-refractivity contribution in [1.82, 2.24) is 0 Å². The Morgan fingerprint density at radius 1 is 1.26 bits per heavy atom. The fraction of sp³-hybridized carbons (Fsp3) is 0.600. The van der Waals surface area contributed by atoms with E-state index < -0.39 is 9.73 Å². The minimum Gasteiger partial charge on any atom is -0.382 e. The number of rotatable bonds is 3. The molecule has 1 aromatic carbocycles. The number of benzene rings is 1. The maximum absolute atomic E-state index is 11.7. The summed E-state index contributed by atoms with van der Waals surface area (Å²) in [7, 11) is -2.61. The van der Waals surface area contributed by atoms with Crippen molar-refractivity contribution in [2.24, 2.45) is 5.92 Å². The molecule has 2 rings (SSSR count). The summed E-state index contributed by atoms with van der Waals surface area (Å²) in [5.74, 6) is 0.856. The molecule has 0 spiro atoms. The zero-order valence-electron chi connectivity index (χ0n) is 12.0. The normalized spacial score (nSPS) is 26.7. The molecule has 0 saturated heterocycles. The van der Waals surface area contributed by atoms with E-state index in [1.807, 2.05) is 25.1 Å². The largest absolute Gasteiger partial charge is 0.382 e. The third kappa shape index (κ3) is 3.72. The van der Waals surface area contributed by atoms with Gasteiger partial charge in [-0.05, 0) is 62.3 Å². The SMILES string of the molecule is Cc1cc(S(C)(=N)=O)ccc1N[C@H]1CC[C@H](C)CC1. The fourth-order valence-corrected chi connectivity index (χ4v) is 3.39. The van der Waals surface area contributed by atoms with E-state index in [0.717, 1.165) is 17.2 Å². The van der Waals surface area contributed by atoms with E-state index in [1.54, 1.807) is 0 Å². The highest BCUT2D eigenvalue weighted by Gasteiger charge is 2.18. The van der Waals surface area contributed by atoms with E-state index in [1.165, 1.54) is 31.9 Å². The highest BCUT2D eigenvalue weighted by atomic mass is 32.2. The molecule has 1 atom stereocenters. The standard InChI is InChI=1S/C15H24N2OS/c1-11-4-6-13(7-5-11)17-15-9-8-14(10-12(15)2)19(3,16)18/h8-11,13,16-17H,4-7H2,1-3H3/t11-,13-,19?. The van der Waals surface area contributed by atoms with Crippen molar-refractivity contribution < 1.29 is 4.21 Å². The van der Waals surface area contributed by atoms with Gasteiger partial charge in [-0.1, -0.05) is 6.92 Å². The van der Waals surface area contributed by atoms with Crippen LogP contribution in [0, 0.1) is 17.6 Å². The van der Waals surface area contributed by atoms with E-state index in [9.17, 15) is 4.21 Å². The lowest BCUT2D eigenvalue weighted by Gasteiger charge is -2.28. The Bertz CT molecular complexity index is 543. The van der Waals surface area contributed by atoms with Gasteiger partial charge >= 0.3 is 0 Å². The zero-order chi connectivity index (χ0) is 14.0. The highest BCUT2D eigenvalue weighted by Crippen LogP contribution is 2.28. The molecule has 1 aromatic rings. The topological polar surface area (TPSA) is 53.0 Å². The minimum absolute atomic E-state index is 0.558. The van der Waals surface area contributed by atoms with Crippen LogP contribution in [-0.4, -0.2) is 16.5 Å². The minimum atomic E-state index is -2.61. The number of nitrogens with one attached hydrogen (secondary N) is 2. The monoisotopic (exact) mass is 280 g/mol. The number of hydrogen-bond acceptors (Lipinski definition) is 3. The van der Waals surface area contributed by atoms with Crippen LogP contribution in [0.5, 0.6) is 0 Å². The first-order valence-electron chi connectivity index (χ1n) is 6.97. The molecule has 1 aliphatic rings. The lowest BCUT2D eigenvalue weighted by molar-refractivity contribution is 0.361. The summed E-state index contributed by atoms with van der Waals surface area (Å²) in [6, 6.07) is 6.22. The Labute approximate surface area is 116 Å². The van der Waals surface area contributed by atoms with E-state index >= 15 is 0 Å². The van der Waals surface area contributed by atoms with Crippen LogP contribution in [0.2, 0.25) is 0 Å². The summed E-state index contributed by atoms with van der Waals surface area (Å²) in [5, 5.41) is 3.59. The first-order valence-corrected chi connectivity index (χ1v) is 8.94. The molecule has 0 amide bonds. The van der Waals surface area contributed by atoms with E-state index in [-0.39, 0.29) is 0 Å². The van der Waals surface area contributed by atoms with Crippen molar-refractivity contribution in [2.45, 2.75) is 50.5 Å². The van der Waals surface area contributed by atoms with Crippen LogP contribution in [0.4, 0.5) is 5.69 Å². The maximum atomic E-state index is 11.7. The van der Waals surface area contributed by atoms with Crippen molar-refractivity contribution in [3.05, 3.63) is 23.8 Å². The molecule has 1 unspecified atom stereocenters. The third-order valence-corrected chi connectivity index (χ3v) is 5.18. The van der Waals surface area contributed by atoms with Crippen LogP contribution in [0.15, 0.2) is 23.1 Å².